The quantitative estimate of drug-likeness (QED) is 0.658. The molecule has 4 nitrogen and oxygen atoms in total. The van der Waals surface area contributed by atoms with Gasteiger partial charge in [0.2, 0.25) is 0 Å². The summed E-state index contributed by atoms with van der Waals surface area (Å²) in [6, 6.07) is 5.28. The molecule has 1 radical (unpaired) electrons. The SMILES string of the molecule is [CH2-]n1cc2cccc(C(N)=O)c2n1.[W].[Y]. The van der Waals surface area contributed by atoms with E-state index in [4.69, 9.17) is 5.73 Å². The van der Waals surface area contributed by atoms with Crippen LogP contribution < -0.4 is 5.73 Å². The smallest absolute Gasteiger partial charge is 0.250 e. The van der Waals surface area contributed by atoms with Gasteiger partial charge >= 0.3 is 0 Å². The van der Waals surface area contributed by atoms with Crippen LogP contribution in [0.1, 0.15) is 10.4 Å². The Morgan fingerprint density at radius 2 is 2.13 bits per heavy atom. The Morgan fingerprint density at radius 3 is 2.73 bits per heavy atom. The minimum absolute atomic E-state index is 0. The van der Waals surface area contributed by atoms with Crippen LogP contribution in [0.4, 0.5) is 0 Å². The van der Waals surface area contributed by atoms with Crippen LogP contribution in [0.25, 0.3) is 10.9 Å². The van der Waals surface area contributed by atoms with Gasteiger partial charge in [-0.3, -0.25) is 4.79 Å². The first kappa shape index (κ1) is 14.8. The predicted molar refractivity (Wildman–Crippen MR) is 49.0 cm³/mol. The van der Waals surface area contributed by atoms with E-state index in [2.05, 4.69) is 12.1 Å². The molecule has 2 N–H and O–H groups in total. The summed E-state index contributed by atoms with van der Waals surface area (Å²) in [5.74, 6) is -0.468. The molecule has 1 amide bonds. The van der Waals surface area contributed by atoms with Gasteiger partial charge in [0.15, 0.2) is 0 Å². The molecule has 0 aliphatic heterocycles. The molecule has 75 valence electrons. The van der Waals surface area contributed by atoms with E-state index >= 15 is 0 Å². The maximum absolute atomic E-state index is 11.0. The first-order chi connectivity index (χ1) is 6.18. The van der Waals surface area contributed by atoms with E-state index in [1.54, 1.807) is 18.3 Å². The van der Waals surface area contributed by atoms with Gasteiger partial charge in [0.1, 0.15) is 0 Å². The molecule has 1 heterocycles. The number of amides is 1. The number of carbonyl (C=O) groups excluding carboxylic acids is 1. The van der Waals surface area contributed by atoms with Crippen LogP contribution in [0.2, 0.25) is 0 Å². The largest absolute Gasteiger partial charge is 0.407 e. The molecule has 1 aromatic heterocycles. The number of hydrogen-bond acceptors (Lipinski definition) is 2. The summed E-state index contributed by atoms with van der Waals surface area (Å²) in [5, 5.41) is 4.91. The zero-order valence-corrected chi connectivity index (χ0v) is 13.7. The Kier molecular flexibility index (Phi) is 5.72. The molecule has 0 spiro atoms. The Bertz CT molecular complexity index is 483. The summed E-state index contributed by atoms with van der Waals surface area (Å²) in [5.41, 5.74) is 6.21. The number of primary amides is 1. The Morgan fingerprint density at radius 1 is 1.47 bits per heavy atom. The molecule has 0 aliphatic rings. The number of hydrogen-bond donors (Lipinski definition) is 1. The van der Waals surface area contributed by atoms with E-state index in [1.165, 1.54) is 4.68 Å². The fourth-order valence-electron chi connectivity index (χ4n) is 1.29. The fourth-order valence-corrected chi connectivity index (χ4v) is 1.29. The third kappa shape index (κ3) is 2.90. The van der Waals surface area contributed by atoms with Crippen LogP contribution in [0.3, 0.4) is 0 Å². The van der Waals surface area contributed by atoms with Gasteiger partial charge in [-0.1, -0.05) is 17.5 Å². The molecule has 15 heavy (non-hydrogen) atoms. The molecule has 0 fully saturated rings. The third-order valence-corrected chi connectivity index (χ3v) is 1.85. The summed E-state index contributed by atoms with van der Waals surface area (Å²) in [4.78, 5) is 11.0. The molecule has 2 rings (SSSR count). The fraction of sp³-hybridized carbons (Fsp3) is 0. The molecular formula is C9H8N3OWY-. The van der Waals surface area contributed by atoms with Crippen molar-refractivity contribution in [3.63, 3.8) is 0 Å². The van der Waals surface area contributed by atoms with Gasteiger partial charge in [-0.05, 0) is 6.07 Å². The van der Waals surface area contributed by atoms with Gasteiger partial charge in [0.25, 0.3) is 5.91 Å². The van der Waals surface area contributed by atoms with E-state index in [0.29, 0.717) is 11.1 Å². The monoisotopic (exact) mass is 447 g/mol. The maximum Gasteiger partial charge on any atom is 0.250 e. The van der Waals surface area contributed by atoms with Crippen molar-refractivity contribution in [1.82, 2.24) is 9.78 Å². The normalized spacial score (nSPS) is 9.07. The number of aromatic nitrogens is 2. The van der Waals surface area contributed by atoms with Crippen molar-refractivity contribution in [3.05, 3.63) is 37.0 Å². The number of carbonyl (C=O) groups is 1. The average Bonchev–Trinajstić information content (AvgIpc) is 2.43. The number of nitrogens with zero attached hydrogens (tertiary/aromatic N) is 2. The second-order valence-electron chi connectivity index (χ2n) is 2.78. The maximum atomic E-state index is 11.0. The van der Waals surface area contributed by atoms with Crippen molar-refractivity contribution in [2.24, 2.45) is 5.73 Å². The van der Waals surface area contributed by atoms with Crippen LogP contribution in [0.15, 0.2) is 24.4 Å². The third-order valence-electron chi connectivity index (χ3n) is 1.85. The van der Waals surface area contributed by atoms with Crippen LogP contribution in [-0.2, 0) is 53.8 Å². The van der Waals surface area contributed by atoms with Crippen molar-refractivity contribution in [3.8, 4) is 0 Å². The average molecular weight is 447 g/mol. The van der Waals surface area contributed by atoms with Gasteiger partial charge in [-0.25, -0.2) is 5.10 Å². The van der Waals surface area contributed by atoms with Crippen molar-refractivity contribution in [1.29, 1.82) is 0 Å². The van der Waals surface area contributed by atoms with Crippen LogP contribution >= 0.6 is 0 Å². The van der Waals surface area contributed by atoms with Crippen molar-refractivity contribution < 1.29 is 58.6 Å². The van der Waals surface area contributed by atoms with Crippen LogP contribution in [-0.4, -0.2) is 15.7 Å². The van der Waals surface area contributed by atoms with Gasteiger partial charge in [0, 0.05) is 53.8 Å². The van der Waals surface area contributed by atoms with Gasteiger partial charge in [-0.15, -0.1) is 6.20 Å². The number of rotatable bonds is 1. The second-order valence-corrected chi connectivity index (χ2v) is 2.78. The standard InChI is InChI=1S/C9H8N3O.W.Y/c1-12-5-6-3-2-4-7(9(10)13)8(6)11-12;;/h2-5H,1H2,(H2,10,13);;/q-1;;. The number of fused-ring (bicyclic) bond motifs is 1. The van der Waals surface area contributed by atoms with E-state index in [9.17, 15) is 4.79 Å². The minimum atomic E-state index is -0.468. The molecule has 0 saturated heterocycles. The molecule has 2 aromatic rings. The Balaban J connectivity index is 0.000000980. The summed E-state index contributed by atoms with van der Waals surface area (Å²) >= 11 is 0. The summed E-state index contributed by atoms with van der Waals surface area (Å²) in [7, 11) is 3.61. The molecule has 6 heteroatoms. The van der Waals surface area contributed by atoms with E-state index in [-0.39, 0.29) is 53.8 Å². The first-order valence-corrected chi connectivity index (χ1v) is 3.77. The summed E-state index contributed by atoms with van der Waals surface area (Å²) < 4.78 is 1.41. The second kappa shape index (κ2) is 5.78. The molecule has 0 unspecified atom stereocenters. The molecule has 0 aliphatic carbocycles. The van der Waals surface area contributed by atoms with Crippen molar-refractivity contribution in [2.75, 3.05) is 0 Å². The summed E-state index contributed by atoms with van der Waals surface area (Å²) in [6.07, 6.45) is 1.74. The molecule has 0 bridgehead atoms. The van der Waals surface area contributed by atoms with E-state index < -0.39 is 5.91 Å². The molecule has 1 aromatic carbocycles. The molecular weight excluding hydrogens is 439 g/mol. The minimum Gasteiger partial charge on any atom is -0.407 e. The zero-order valence-electron chi connectivity index (χ0n) is 7.88. The van der Waals surface area contributed by atoms with Crippen LogP contribution in [0, 0.1) is 7.05 Å². The van der Waals surface area contributed by atoms with Crippen LogP contribution in [0.5, 0.6) is 0 Å². The number of nitrogens with two attached hydrogens (primary N) is 1. The Hall–Kier alpha value is -0.178. The topological polar surface area (TPSA) is 60.9 Å². The molecule has 0 atom stereocenters. The first-order valence-electron chi connectivity index (χ1n) is 3.77. The van der Waals surface area contributed by atoms with Gasteiger partial charge < -0.3 is 10.4 Å². The van der Waals surface area contributed by atoms with Gasteiger partial charge in [-0.2, -0.15) is 7.05 Å². The van der Waals surface area contributed by atoms with E-state index in [0.717, 1.165) is 5.39 Å². The summed E-state index contributed by atoms with van der Waals surface area (Å²) in [6.45, 7) is 0. The van der Waals surface area contributed by atoms with Crippen molar-refractivity contribution in [2.45, 2.75) is 0 Å². The zero-order chi connectivity index (χ0) is 9.42. The van der Waals surface area contributed by atoms with Gasteiger partial charge in [0.05, 0.1) is 11.1 Å². The number of benzene rings is 1. The molecule has 0 saturated carbocycles. The predicted octanol–water partition coefficient (Wildman–Crippen LogP) is 0.770. The van der Waals surface area contributed by atoms with Crippen molar-refractivity contribution >= 4 is 16.8 Å². The van der Waals surface area contributed by atoms with E-state index in [1.807, 2.05) is 6.07 Å². The Labute approximate surface area is 127 Å².